The van der Waals surface area contributed by atoms with Crippen molar-refractivity contribution >= 4 is 5.97 Å². The number of methoxy groups -OCH3 is 2. The highest BCUT2D eigenvalue weighted by Gasteiger charge is 2.33. The minimum Gasteiger partial charge on any atom is -0.497 e. The first-order valence-corrected chi connectivity index (χ1v) is 9.14. The molecule has 27 heavy (non-hydrogen) atoms. The molecule has 1 aromatic carbocycles. The summed E-state index contributed by atoms with van der Waals surface area (Å²) in [6.07, 6.45) is 5.18. The number of ether oxygens (including phenoxy) is 2. The molecule has 2 atom stereocenters. The van der Waals surface area contributed by atoms with Gasteiger partial charge in [0.05, 0.1) is 26.2 Å². The van der Waals surface area contributed by atoms with E-state index in [-0.39, 0.29) is 12.0 Å². The molecule has 2 aromatic rings. The van der Waals surface area contributed by atoms with Crippen molar-refractivity contribution in [2.75, 3.05) is 27.3 Å². The van der Waals surface area contributed by atoms with Crippen LogP contribution in [0.1, 0.15) is 35.6 Å². The highest BCUT2D eigenvalue weighted by atomic mass is 16.5. The van der Waals surface area contributed by atoms with Crippen LogP contribution < -0.4 is 9.47 Å². The number of carboxylic acid groups (broad SMARTS) is 1. The van der Waals surface area contributed by atoms with Crippen LogP contribution in [-0.2, 0) is 4.79 Å². The standard InChI is InChI=1S/C21H26N2O4/c1-14-12-22-9-8-17(14)20(23-10-4-5-15(13-23)21(24)25)18-11-16(26-2)6-7-19(18)27-3/h6-9,11-12,15,20H,4-5,10,13H2,1-3H3,(H,24,25). The van der Waals surface area contributed by atoms with Crippen LogP contribution in [-0.4, -0.2) is 48.3 Å². The van der Waals surface area contributed by atoms with Crippen LogP contribution in [0.15, 0.2) is 36.7 Å². The number of carboxylic acids is 1. The lowest BCUT2D eigenvalue weighted by Crippen LogP contribution is -2.41. The molecular weight excluding hydrogens is 344 g/mol. The molecule has 1 fully saturated rings. The Morgan fingerprint density at radius 3 is 2.74 bits per heavy atom. The van der Waals surface area contributed by atoms with Crippen LogP contribution in [0.2, 0.25) is 0 Å². The number of benzene rings is 1. The second-order valence-electron chi connectivity index (χ2n) is 6.92. The first kappa shape index (κ1) is 19.2. The van der Waals surface area contributed by atoms with E-state index in [1.165, 1.54) is 0 Å². The van der Waals surface area contributed by atoms with E-state index in [4.69, 9.17) is 9.47 Å². The zero-order valence-corrected chi connectivity index (χ0v) is 16.0. The molecule has 2 unspecified atom stereocenters. The summed E-state index contributed by atoms with van der Waals surface area (Å²) in [6.45, 7) is 3.36. The van der Waals surface area contributed by atoms with E-state index >= 15 is 0 Å². The summed E-state index contributed by atoms with van der Waals surface area (Å²) in [6, 6.07) is 7.63. The van der Waals surface area contributed by atoms with Crippen LogP contribution in [0.4, 0.5) is 0 Å². The van der Waals surface area contributed by atoms with Gasteiger partial charge in [-0.3, -0.25) is 14.7 Å². The quantitative estimate of drug-likeness (QED) is 0.841. The van der Waals surface area contributed by atoms with E-state index in [1.54, 1.807) is 20.4 Å². The van der Waals surface area contributed by atoms with Crippen molar-refractivity contribution in [2.24, 2.45) is 5.92 Å². The molecule has 0 amide bonds. The smallest absolute Gasteiger partial charge is 0.307 e. The second-order valence-corrected chi connectivity index (χ2v) is 6.92. The van der Waals surface area contributed by atoms with Crippen molar-refractivity contribution in [3.63, 3.8) is 0 Å². The summed E-state index contributed by atoms with van der Waals surface area (Å²) in [5, 5.41) is 9.54. The summed E-state index contributed by atoms with van der Waals surface area (Å²) >= 11 is 0. The van der Waals surface area contributed by atoms with Gasteiger partial charge in [-0.25, -0.2) is 0 Å². The first-order chi connectivity index (χ1) is 13.0. The molecule has 1 aliphatic heterocycles. The summed E-state index contributed by atoms with van der Waals surface area (Å²) in [4.78, 5) is 18.1. The molecule has 6 nitrogen and oxygen atoms in total. The molecule has 3 rings (SSSR count). The average Bonchev–Trinajstić information content (AvgIpc) is 2.69. The van der Waals surface area contributed by atoms with E-state index in [9.17, 15) is 9.90 Å². The number of aryl methyl sites for hydroxylation is 1. The largest absolute Gasteiger partial charge is 0.497 e. The molecular formula is C21H26N2O4. The molecule has 1 saturated heterocycles. The molecule has 0 aliphatic carbocycles. The monoisotopic (exact) mass is 370 g/mol. The zero-order chi connectivity index (χ0) is 19.4. The number of hydrogen-bond acceptors (Lipinski definition) is 5. The molecule has 0 spiro atoms. The van der Waals surface area contributed by atoms with E-state index in [0.29, 0.717) is 13.0 Å². The molecule has 1 aromatic heterocycles. The van der Waals surface area contributed by atoms with Gasteiger partial charge in [-0.2, -0.15) is 0 Å². The summed E-state index contributed by atoms with van der Waals surface area (Å²) in [5.41, 5.74) is 3.13. The Bertz CT molecular complexity index is 809. The summed E-state index contributed by atoms with van der Waals surface area (Å²) < 4.78 is 11.1. The van der Waals surface area contributed by atoms with Gasteiger partial charge in [-0.05, 0) is 61.7 Å². The minimum absolute atomic E-state index is 0.125. The van der Waals surface area contributed by atoms with Crippen molar-refractivity contribution < 1.29 is 19.4 Å². The lowest BCUT2D eigenvalue weighted by molar-refractivity contribution is -0.143. The van der Waals surface area contributed by atoms with Gasteiger partial charge in [0.1, 0.15) is 11.5 Å². The Morgan fingerprint density at radius 2 is 2.07 bits per heavy atom. The molecule has 0 radical (unpaired) electrons. The van der Waals surface area contributed by atoms with Crippen molar-refractivity contribution in [3.8, 4) is 11.5 Å². The number of hydrogen-bond donors (Lipinski definition) is 1. The Balaban J connectivity index is 2.11. The van der Waals surface area contributed by atoms with E-state index in [2.05, 4.69) is 9.88 Å². The number of aromatic nitrogens is 1. The first-order valence-electron chi connectivity index (χ1n) is 9.14. The number of nitrogens with zero attached hydrogens (tertiary/aromatic N) is 2. The Hall–Kier alpha value is -2.60. The lowest BCUT2D eigenvalue weighted by Gasteiger charge is -2.38. The number of rotatable bonds is 6. The third-order valence-corrected chi connectivity index (χ3v) is 5.26. The maximum Gasteiger partial charge on any atom is 0.307 e. The fraction of sp³-hybridized carbons (Fsp3) is 0.429. The molecule has 0 bridgehead atoms. The van der Waals surface area contributed by atoms with E-state index in [0.717, 1.165) is 41.2 Å². The van der Waals surface area contributed by atoms with E-state index < -0.39 is 5.97 Å². The van der Waals surface area contributed by atoms with Gasteiger partial charge in [0.25, 0.3) is 0 Å². The number of piperidine rings is 1. The molecule has 2 heterocycles. The predicted octanol–water partition coefficient (Wildman–Crippen LogP) is 3.29. The predicted molar refractivity (Wildman–Crippen MR) is 102 cm³/mol. The average molecular weight is 370 g/mol. The SMILES string of the molecule is COc1ccc(OC)c(C(c2ccncc2C)N2CCCC(C(=O)O)C2)c1. The minimum atomic E-state index is -0.734. The van der Waals surface area contributed by atoms with Gasteiger partial charge in [0, 0.05) is 24.5 Å². The number of likely N-dealkylation sites (tertiary alicyclic amines) is 1. The molecule has 1 aliphatic rings. The third-order valence-electron chi connectivity index (χ3n) is 5.26. The lowest BCUT2D eigenvalue weighted by atomic mass is 9.89. The van der Waals surface area contributed by atoms with Crippen molar-refractivity contribution in [1.29, 1.82) is 0 Å². The van der Waals surface area contributed by atoms with Crippen molar-refractivity contribution in [3.05, 3.63) is 53.3 Å². The van der Waals surface area contributed by atoms with Crippen molar-refractivity contribution in [1.82, 2.24) is 9.88 Å². The van der Waals surface area contributed by atoms with Gasteiger partial charge in [-0.1, -0.05) is 0 Å². The highest BCUT2D eigenvalue weighted by molar-refractivity contribution is 5.70. The maximum atomic E-state index is 11.6. The Labute approximate surface area is 159 Å². The van der Waals surface area contributed by atoms with Crippen LogP contribution >= 0.6 is 0 Å². The zero-order valence-electron chi connectivity index (χ0n) is 16.0. The highest BCUT2D eigenvalue weighted by Crippen LogP contribution is 2.39. The van der Waals surface area contributed by atoms with Gasteiger partial charge in [0.2, 0.25) is 0 Å². The summed E-state index contributed by atoms with van der Waals surface area (Å²) in [7, 11) is 3.29. The summed E-state index contributed by atoms with van der Waals surface area (Å²) in [5.74, 6) is 0.409. The molecule has 6 heteroatoms. The van der Waals surface area contributed by atoms with Crippen molar-refractivity contribution in [2.45, 2.75) is 25.8 Å². The van der Waals surface area contributed by atoms with Gasteiger partial charge < -0.3 is 14.6 Å². The van der Waals surface area contributed by atoms with Gasteiger partial charge >= 0.3 is 5.97 Å². The second kappa shape index (κ2) is 8.39. The topological polar surface area (TPSA) is 71.9 Å². The molecule has 1 N–H and O–H groups in total. The molecule has 144 valence electrons. The Morgan fingerprint density at radius 1 is 1.26 bits per heavy atom. The molecule has 0 saturated carbocycles. The third kappa shape index (κ3) is 4.06. The van der Waals surface area contributed by atoms with Crippen LogP contribution in [0.3, 0.4) is 0 Å². The fourth-order valence-corrected chi connectivity index (χ4v) is 3.85. The number of aliphatic carboxylic acids is 1. The maximum absolute atomic E-state index is 11.6. The fourth-order valence-electron chi connectivity index (χ4n) is 3.85. The van der Waals surface area contributed by atoms with Crippen LogP contribution in [0.5, 0.6) is 11.5 Å². The van der Waals surface area contributed by atoms with Gasteiger partial charge in [0.15, 0.2) is 0 Å². The number of carbonyl (C=O) groups is 1. The number of pyridine rings is 1. The normalized spacial score (nSPS) is 18.7. The van der Waals surface area contributed by atoms with E-state index in [1.807, 2.05) is 37.4 Å². The van der Waals surface area contributed by atoms with Crippen LogP contribution in [0.25, 0.3) is 0 Å². The Kier molecular flexibility index (Phi) is 5.96. The van der Waals surface area contributed by atoms with Gasteiger partial charge in [-0.15, -0.1) is 0 Å². The van der Waals surface area contributed by atoms with Crippen LogP contribution in [0, 0.1) is 12.8 Å².